The van der Waals surface area contributed by atoms with Crippen molar-refractivity contribution in [3.05, 3.63) is 28.2 Å². The Morgan fingerprint density at radius 1 is 1.42 bits per heavy atom. The Kier molecular flexibility index (Phi) is 3.50. The monoisotopic (exact) mass is 325 g/mol. The van der Waals surface area contributed by atoms with Crippen LogP contribution in [0, 0.1) is 0 Å². The number of ether oxygens (including phenoxy) is 1. The van der Waals surface area contributed by atoms with Gasteiger partial charge in [0.05, 0.1) is 30.0 Å². The van der Waals surface area contributed by atoms with Crippen LogP contribution in [0.25, 0.3) is 0 Å². The molecule has 1 heterocycles. The molecule has 1 aromatic carbocycles. The van der Waals surface area contributed by atoms with Gasteiger partial charge in [-0.05, 0) is 53.4 Å². The van der Waals surface area contributed by atoms with Crippen LogP contribution >= 0.6 is 15.9 Å². The van der Waals surface area contributed by atoms with Crippen LogP contribution in [0.2, 0.25) is 0 Å². The number of nitrogens with zero attached hydrogens (tertiary/aromatic N) is 1. The molecule has 0 aromatic heterocycles. The van der Waals surface area contributed by atoms with Gasteiger partial charge in [0.25, 0.3) is 0 Å². The summed E-state index contributed by atoms with van der Waals surface area (Å²) in [5.74, 6) is -0.895. The summed E-state index contributed by atoms with van der Waals surface area (Å²) in [5, 5.41) is 9.01. The number of rotatable bonds is 2. The predicted octanol–water partition coefficient (Wildman–Crippen LogP) is 2.91. The van der Waals surface area contributed by atoms with Crippen molar-refractivity contribution in [3.63, 3.8) is 0 Å². The Hall–Kier alpha value is -1.07. The first-order valence-corrected chi connectivity index (χ1v) is 7.37. The third-order valence-electron chi connectivity index (χ3n) is 3.99. The lowest BCUT2D eigenvalue weighted by atomic mass is 10.1. The lowest BCUT2D eigenvalue weighted by Gasteiger charge is -2.39. The molecule has 0 radical (unpaired) electrons. The Morgan fingerprint density at radius 2 is 2.26 bits per heavy atom. The average Bonchev–Trinajstić information content (AvgIpc) is 2.86. The van der Waals surface area contributed by atoms with Gasteiger partial charge in [-0.15, -0.1) is 0 Å². The number of carboxylic acids is 1. The fraction of sp³-hybridized carbons (Fsp3) is 0.500. The molecule has 19 heavy (non-hydrogen) atoms. The number of carbonyl (C=O) groups is 1. The zero-order chi connectivity index (χ0) is 13.4. The largest absolute Gasteiger partial charge is 0.478 e. The van der Waals surface area contributed by atoms with Crippen molar-refractivity contribution in [1.82, 2.24) is 0 Å². The van der Waals surface area contributed by atoms with Crippen molar-refractivity contribution >= 4 is 27.6 Å². The molecule has 1 saturated heterocycles. The molecule has 0 spiro atoms. The van der Waals surface area contributed by atoms with Gasteiger partial charge in [-0.1, -0.05) is 0 Å². The number of carboxylic acid groups (broad SMARTS) is 1. The van der Waals surface area contributed by atoms with Crippen molar-refractivity contribution < 1.29 is 14.6 Å². The van der Waals surface area contributed by atoms with Crippen LogP contribution in [-0.4, -0.2) is 36.4 Å². The highest BCUT2D eigenvalue weighted by molar-refractivity contribution is 9.10. The number of morpholine rings is 1. The van der Waals surface area contributed by atoms with Gasteiger partial charge in [0, 0.05) is 11.0 Å². The Morgan fingerprint density at radius 3 is 3.00 bits per heavy atom. The molecular weight excluding hydrogens is 310 g/mol. The second-order valence-electron chi connectivity index (χ2n) is 5.07. The first kappa shape index (κ1) is 12.9. The molecule has 2 atom stereocenters. The fourth-order valence-electron chi connectivity index (χ4n) is 3.10. The van der Waals surface area contributed by atoms with Gasteiger partial charge in [-0.3, -0.25) is 0 Å². The van der Waals surface area contributed by atoms with Gasteiger partial charge in [0.2, 0.25) is 0 Å². The summed E-state index contributed by atoms with van der Waals surface area (Å²) in [4.78, 5) is 13.3. The Labute approximate surface area is 120 Å². The highest BCUT2D eigenvalue weighted by Gasteiger charge is 2.36. The fourth-order valence-corrected chi connectivity index (χ4v) is 3.70. The van der Waals surface area contributed by atoms with Crippen LogP contribution in [0.15, 0.2) is 22.7 Å². The summed E-state index contributed by atoms with van der Waals surface area (Å²) in [6, 6.07) is 5.67. The number of anilines is 1. The molecule has 5 heteroatoms. The summed E-state index contributed by atoms with van der Waals surface area (Å²) in [7, 11) is 0. The number of fused-ring (bicyclic) bond motifs is 1. The highest BCUT2D eigenvalue weighted by atomic mass is 79.9. The maximum atomic E-state index is 11.0. The first-order chi connectivity index (χ1) is 9.16. The van der Waals surface area contributed by atoms with Crippen LogP contribution in [0.5, 0.6) is 0 Å². The van der Waals surface area contributed by atoms with E-state index in [1.54, 1.807) is 12.1 Å². The van der Waals surface area contributed by atoms with E-state index in [4.69, 9.17) is 9.84 Å². The van der Waals surface area contributed by atoms with Crippen molar-refractivity contribution in [3.8, 4) is 0 Å². The van der Waals surface area contributed by atoms with Crippen molar-refractivity contribution in [2.24, 2.45) is 0 Å². The highest BCUT2D eigenvalue weighted by Crippen LogP contribution is 2.36. The Bertz CT molecular complexity index is 505. The van der Waals surface area contributed by atoms with E-state index in [0.29, 0.717) is 17.7 Å². The van der Waals surface area contributed by atoms with Crippen LogP contribution in [0.3, 0.4) is 0 Å². The van der Waals surface area contributed by atoms with Gasteiger partial charge >= 0.3 is 5.97 Å². The molecule has 1 aliphatic heterocycles. The maximum Gasteiger partial charge on any atom is 0.335 e. The van der Waals surface area contributed by atoms with E-state index in [-0.39, 0.29) is 0 Å². The summed E-state index contributed by atoms with van der Waals surface area (Å²) in [6.07, 6.45) is 3.82. The molecular formula is C14H16BrNO3. The number of benzene rings is 1. The number of aromatic carboxylic acids is 1. The van der Waals surface area contributed by atoms with Gasteiger partial charge in [-0.25, -0.2) is 4.79 Å². The summed E-state index contributed by atoms with van der Waals surface area (Å²) in [6.45, 7) is 1.61. The molecule has 0 amide bonds. The topological polar surface area (TPSA) is 49.8 Å². The summed E-state index contributed by atoms with van der Waals surface area (Å²) < 4.78 is 6.65. The van der Waals surface area contributed by atoms with E-state index in [0.717, 1.165) is 36.2 Å². The van der Waals surface area contributed by atoms with Gasteiger partial charge in [-0.2, -0.15) is 0 Å². The van der Waals surface area contributed by atoms with E-state index >= 15 is 0 Å². The van der Waals surface area contributed by atoms with Crippen molar-refractivity contribution in [2.75, 3.05) is 18.1 Å². The van der Waals surface area contributed by atoms with Crippen LogP contribution in [0.4, 0.5) is 5.69 Å². The van der Waals surface area contributed by atoms with E-state index in [1.807, 2.05) is 6.07 Å². The van der Waals surface area contributed by atoms with Crippen LogP contribution in [0.1, 0.15) is 29.6 Å². The molecule has 2 aliphatic rings. The standard InChI is InChI=1S/C14H16BrNO3/c15-10-8-9(14(17)18)4-5-11(10)16-6-7-19-13-3-1-2-12(13)16/h4-5,8,12-13H,1-3,6-7H2,(H,17,18). The van der Waals surface area contributed by atoms with Gasteiger partial charge < -0.3 is 14.7 Å². The van der Waals surface area contributed by atoms with Gasteiger partial charge in [0.15, 0.2) is 0 Å². The van der Waals surface area contributed by atoms with Gasteiger partial charge in [0.1, 0.15) is 0 Å². The SMILES string of the molecule is O=C(O)c1ccc(N2CCOC3CCCC32)c(Br)c1. The number of hydrogen-bond acceptors (Lipinski definition) is 3. The van der Waals surface area contributed by atoms with Crippen molar-refractivity contribution in [1.29, 1.82) is 0 Å². The predicted molar refractivity (Wildman–Crippen MR) is 75.8 cm³/mol. The molecule has 1 aliphatic carbocycles. The molecule has 4 nitrogen and oxygen atoms in total. The Balaban J connectivity index is 1.90. The minimum absolute atomic E-state index is 0.312. The third kappa shape index (κ3) is 2.37. The second kappa shape index (κ2) is 5.13. The smallest absolute Gasteiger partial charge is 0.335 e. The third-order valence-corrected chi connectivity index (χ3v) is 4.62. The summed E-state index contributed by atoms with van der Waals surface area (Å²) >= 11 is 3.50. The second-order valence-corrected chi connectivity index (χ2v) is 5.93. The molecule has 1 saturated carbocycles. The molecule has 2 unspecified atom stereocenters. The first-order valence-electron chi connectivity index (χ1n) is 6.58. The quantitative estimate of drug-likeness (QED) is 0.908. The number of halogens is 1. The molecule has 2 fully saturated rings. The number of hydrogen-bond donors (Lipinski definition) is 1. The van der Waals surface area contributed by atoms with E-state index in [2.05, 4.69) is 20.8 Å². The molecule has 1 aromatic rings. The van der Waals surface area contributed by atoms with E-state index in [1.165, 1.54) is 6.42 Å². The molecule has 3 rings (SSSR count). The molecule has 1 N–H and O–H groups in total. The zero-order valence-electron chi connectivity index (χ0n) is 10.5. The molecule has 0 bridgehead atoms. The van der Waals surface area contributed by atoms with E-state index in [9.17, 15) is 4.79 Å². The van der Waals surface area contributed by atoms with E-state index < -0.39 is 5.97 Å². The maximum absolute atomic E-state index is 11.0. The minimum Gasteiger partial charge on any atom is -0.478 e. The minimum atomic E-state index is -0.895. The lowest BCUT2D eigenvalue weighted by Crippen LogP contribution is -2.48. The average molecular weight is 326 g/mol. The summed E-state index contributed by atoms with van der Waals surface area (Å²) in [5.41, 5.74) is 1.39. The van der Waals surface area contributed by atoms with Crippen LogP contribution in [-0.2, 0) is 4.74 Å². The normalized spacial score (nSPS) is 26.3. The van der Waals surface area contributed by atoms with Crippen LogP contribution < -0.4 is 4.90 Å². The lowest BCUT2D eigenvalue weighted by molar-refractivity contribution is 0.0256. The zero-order valence-corrected chi connectivity index (χ0v) is 12.1. The molecule has 102 valence electrons. The van der Waals surface area contributed by atoms with Crippen molar-refractivity contribution in [2.45, 2.75) is 31.4 Å².